The SMILES string of the molecule is C=C/C=C(\C=C)N(C)c1ccc(Cl)cc1NC(=C)C. The van der Waals surface area contributed by atoms with E-state index in [4.69, 9.17) is 11.6 Å². The molecule has 19 heavy (non-hydrogen) atoms. The number of benzene rings is 1. The Balaban J connectivity index is 3.24. The van der Waals surface area contributed by atoms with Gasteiger partial charge < -0.3 is 10.2 Å². The number of allylic oxidation sites excluding steroid dienone is 4. The van der Waals surface area contributed by atoms with Crippen LogP contribution in [-0.4, -0.2) is 7.05 Å². The van der Waals surface area contributed by atoms with E-state index in [0.29, 0.717) is 5.02 Å². The fourth-order valence-corrected chi connectivity index (χ4v) is 1.88. The number of likely N-dealkylation sites (N-methyl/N-ethyl adjacent to an activating group) is 1. The molecule has 0 aromatic heterocycles. The van der Waals surface area contributed by atoms with Gasteiger partial charge in [-0.05, 0) is 37.3 Å². The molecule has 100 valence electrons. The summed E-state index contributed by atoms with van der Waals surface area (Å²) in [4.78, 5) is 2.01. The fourth-order valence-electron chi connectivity index (χ4n) is 1.71. The molecule has 0 aliphatic heterocycles. The molecule has 1 N–H and O–H groups in total. The molecule has 0 amide bonds. The molecule has 2 nitrogen and oxygen atoms in total. The van der Waals surface area contributed by atoms with E-state index < -0.39 is 0 Å². The number of nitrogens with one attached hydrogen (secondary N) is 1. The summed E-state index contributed by atoms with van der Waals surface area (Å²) in [6.07, 6.45) is 5.41. The second-order valence-electron chi connectivity index (χ2n) is 4.16. The van der Waals surface area contributed by atoms with Gasteiger partial charge in [0, 0.05) is 23.5 Å². The molecule has 0 unspecified atom stereocenters. The summed E-state index contributed by atoms with van der Waals surface area (Å²) >= 11 is 6.04. The highest BCUT2D eigenvalue weighted by Crippen LogP contribution is 2.31. The Morgan fingerprint density at radius 1 is 1.37 bits per heavy atom. The maximum atomic E-state index is 6.04. The summed E-state index contributed by atoms with van der Waals surface area (Å²) in [5, 5.41) is 3.88. The molecule has 0 saturated carbocycles. The van der Waals surface area contributed by atoms with Gasteiger partial charge >= 0.3 is 0 Å². The Bertz CT molecular complexity index is 530. The maximum Gasteiger partial charge on any atom is 0.0648 e. The van der Waals surface area contributed by atoms with Gasteiger partial charge in [0.25, 0.3) is 0 Å². The van der Waals surface area contributed by atoms with Gasteiger partial charge in [-0.2, -0.15) is 0 Å². The fraction of sp³-hybridized carbons (Fsp3) is 0.125. The zero-order valence-corrected chi connectivity index (χ0v) is 12.2. The Kier molecular flexibility index (Phi) is 5.46. The van der Waals surface area contributed by atoms with Crippen LogP contribution in [-0.2, 0) is 0 Å². The third kappa shape index (κ3) is 4.04. The van der Waals surface area contributed by atoms with E-state index in [9.17, 15) is 0 Å². The second kappa shape index (κ2) is 6.86. The highest BCUT2D eigenvalue weighted by Gasteiger charge is 2.10. The van der Waals surface area contributed by atoms with E-state index in [1.54, 1.807) is 12.2 Å². The summed E-state index contributed by atoms with van der Waals surface area (Å²) in [6, 6.07) is 5.68. The van der Waals surface area contributed by atoms with Gasteiger partial charge in [0.15, 0.2) is 0 Å². The van der Waals surface area contributed by atoms with Gasteiger partial charge in [0.05, 0.1) is 11.4 Å². The van der Waals surface area contributed by atoms with Gasteiger partial charge in [0.1, 0.15) is 0 Å². The lowest BCUT2D eigenvalue weighted by Crippen LogP contribution is -2.16. The average Bonchev–Trinajstić information content (AvgIpc) is 2.34. The molecule has 0 bridgehead atoms. The van der Waals surface area contributed by atoms with Crippen molar-refractivity contribution >= 4 is 23.0 Å². The van der Waals surface area contributed by atoms with E-state index in [0.717, 1.165) is 22.8 Å². The Hall–Kier alpha value is -1.93. The summed E-state index contributed by atoms with van der Waals surface area (Å²) < 4.78 is 0. The van der Waals surface area contributed by atoms with Crippen molar-refractivity contribution in [3.8, 4) is 0 Å². The molecule has 0 fully saturated rings. The Morgan fingerprint density at radius 2 is 2.05 bits per heavy atom. The number of anilines is 2. The number of nitrogens with zero attached hydrogens (tertiary/aromatic N) is 1. The molecule has 0 aliphatic carbocycles. The minimum Gasteiger partial charge on any atom is -0.358 e. The van der Waals surface area contributed by atoms with Gasteiger partial charge in [-0.1, -0.05) is 37.4 Å². The van der Waals surface area contributed by atoms with Crippen LogP contribution in [0.25, 0.3) is 0 Å². The molecule has 1 rings (SSSR count). The topological polar surface area (TPSA) is 15.3 Å². The standard InChI is InChI=1S/C16H19ClN2/c1-6-8-14(7-2)19(5)16-10-9-13(17)11-15(16)18-12(3)4/h6-11,18H,1-3H2,4-5H3/b14-8+. The molecule has 3 heteroatoms. The molecule has 0 heterocycles. The van der Waals surface area contributed by atoms with Gasteiger partial charge in [-0.25, -0.2) is 0 Å². The van der Waals surface area contributed by atoms with E-state index in [1.807, 2.05) is 43.1 Å². The van der Waals surface area contributed by atoms with Crippen molar-refractivity contribution in [3.63, 3.8) is 0 Å². The number of halogens is 1. The lowest BCUT2D eigenvalue weighted by atomic mass is 10.2. The summed E-state index contributed by atoms with van der Waals surface area (Å²) in [6.45, 7) is 13.3. The first-order valence-corrected chi connectivity index (χ1v) is 6.28. The minimum atomic E-state index is 0.675. The van der Waals surface area contributed by atoms with Crippen molar-refractivity contribution in [2.45, 2.75) is 6.92 Å². The molecular weight excluding hydrogens is 256 g/mol. The summed E-state index contributed by atoms with van der Waals surface area (Å²) in [7, 11) is 1.96. The minimum absolute atomic E-state index is 0.675. The summed E-state index contributed by atoms with van der Waals surface area (Å²) in [5.74, 6) is 0. The second-order valence-corrected chi connectivity index (χ2v) is 4.59. The Morgan fingerprint density at radius 3 is 2.58 bits per heavy atom. The predicted molar refractivity (Wildman–Crippen MR) is 86.8 cm³/mol. The van der Waals surface area contributed by atoms with Gasteiger partial charge in [-0.15, -0.1) is 0 Å². The van der Waals surface area contributed by atoms with Crippen molar-refractivity contribution in [1.82, 2.24) is 0 Å². The van der Waals surface area contributed by atoms with Crippen LogP contribution in [0.2, 0.25) is 5.02 Å². The zero-order valence-electron chi connectivity index (χ0n) is 11.4. The van der Waals surface area contributed by atoms with Gasteiger partial charge in [0.2, 0.25) is 0 Å². The van der Waals surface area contributed by atoms with Crippen LogP contribution in [0.15, 0.2) is 67.6 Å². The first-order valence-electron chi connectivity index (χ1n) is 5.90. The largest absolute Gasteiger partial charge is 0.358 e. The lowest BCUT2D eigenvalue weighted by Gasteiger charge is -2.24. The molecule has 1 aromatic carbocycles. The van der Waals surface area contributed by atoms with Crippen molar-refractivity contribution in [2.75, 3.05) is 17.3 Å². The molecule has 0 spiro atoms. The normalized spacial score (nSPS) is 10.8. The van der Waals surface area contributed by atoms with E-state index in [-0.39, 0.29) is 0 Å². The maximum absolute atomic E-state index is 6.04. The predicted octanol–water partition coefficient (Wildman–Crippen LogP) is 4.98. The molecule has 0 atom stereocenters. The first kappa shape index (κ1) is 15.1. The Labute approximate surface area is 120 Å². The first-order chi connectivity index (χ1) is 8.99. The highest BCUT2D eigenvalue weighted by molar-refractivity contribution is 6.31. The molecule has 0 radical (unpaired) electrons. The molecular formula is C16H19ClN2. The lowest BCUT2D eigenvalue weighted by molar-refractivity contribution is 1.14. The smallest absolute Gasteiger partial charge is 0.0648 e. The third-order valence-corrected chi connectivity index (χ3v) is 2.79. The van der Waals surface area contributed by atoms with Crippen LogP contribution in [0.1, 0.15) is 6.92 Å². The highest BCUT2D eigenvalue weighted by atomic mass is 35.5. The van der Waals surface area contributed by atoms with Crippen molar-refractivity contribution in [1.29, 1.82) is 0 Å². The van der Waals surface area contributed by atoms with E-state index in [1.165, 1.54) is 0 Å². The average molecular weight is 275 g/mol. The summed E-state index contributed by atoms with van der Waals surface area (Å²) in [5.41, 5.74) is 3.69. The van der Waals surface area contributed by atoms with Crippen LogP contribution in [0.5, 0.6) is 0 Å². The van der Waals surface area contributed by atoms with Gasteiger partial charge in [-0.3, -0.25) is 0 Å². The van der Waals surface area contributed by atoms with Crippen LogP contribution in [0.4, 0.5) is 11.4 Å². The van der Waals surface area contributed by atoms with E-state index >= 15 is 0 Å². The van der Waals surface area contributed by atoms with Crippen LogP contribution >= 0.6 is 11.6 Å². The van der Waals surface area contributed by atoms with Crippen LogP contribution < -0.4 is 10.2 Å². The van der Waals surface area contributed by atoms with Crippen LogP contribution in [0.3, 0.4) is 0 Å². The molecule has 0 aliphatic rings. The van der Waals surface area contributed by atoms with Crippen molar-refractivity contribution < 1.29 is 0 Å². The van der Waals surface area contributed by atoms with Crippen molar-refractivity contribution in [3.05, 3.63) is 72.6 Å². The quantitative estimate of drug-likeness (QED) is 0.736. The third-order valence-electron chi connectivity index (χ3n) is 2.55. The molecule has 0 saturated heterocycles. The van der Waals surface area contributed by atoms with Crippen molar-refractivity contribution in [2.24, 2.45) is 0 Å². The zero-order chi connectivity index (χ0) is 14.4. The number of rotatable bonds is 6. The van der Waals surface area contributed by atoms with E-state index in [2.05, 4.69) is 25.1 Å². The number of hydrogen-bond acceptors (Lipinski definition) is 2. The van der Waals surface area contributed by atoms with Crippen LogP contribution in [0, 0.1) is 0 Å². The molecule has 1 aromatic rings. The monoisotopic (exact) mass is 274 g/mol. The number of hydrogen-bond donors (Lipinski definition) is 1.